The van der Waals surface area contributed by atoms with E-state index in [1.807, 2.05) is 64.6 Å². The van der Waals surface area contributed by atoms with E-state index in [2.05, 4.69) is 34.6 Å². The summed E-state index contributed by atoms with van der Waals surface area (Å²) >= 11 is 3.97. The van der Waals surface area contributed by atoms with Crippen molar-refractivity contribution in [2.75, 3.05) is 16.8 Å². The lowest BCUT2D eigenvalue weighted by molar-refractivity contribution is 0.102. The number of carbonyl (C=O) groups excluding carboxylic acids is 1. The monoisotopic (exact) mass is 395 g/mol. The molecule has 0 atom stereocenters. The van der Waals surface area contributed by atoms with Crippen molar-refractivity contribution in [3.8, 4) is 0 Å². The van der Waals surface area contributed by atoms with E-state index < -0.39 is 0 Å². The highest BCUT2D eigenvalue weighted by atomic mass is 32.2. The van der Waals surface area contributed by atoms with Gasteiger partial charge in [0.1, 0.15) is 0 Å². The molecule has 0 unspecified atom stereocenters. The molecule has 4 nitrogen and oxygen atoms in total. The van der Waals surface area contributed by atoms with Crippen LogP contribution < -0.4 is 5.32 Å². The van der Waals surface area contributed by atoms with Gasteiger partial charge in [0.2, 0.25) is 5.95 Å². The Morgan fingerprint density at radius 1 is 1.07 bits per heavy atom. The van der Waals surface area contributed by atoms with Crippen molar-refractivity contribution in [2.45, 2.75) is 17.5 Å². The number of imidazole rings is 1. The topological polar surface area (TPSA) is 46.9 Å². The van der Waals surface area contributed by atoms with E-state index in [4.69, 9.17) is 0 Å². The number of nitrogens with one attached hydrogen (secondary N) is 1. The van der Waals surface area contributed by atoms with Gasteiger partial charge in [-0.3, -0.25) is 10.1 Å². The summed E-state index contributed by atoms with van der Waals surface area (Å²) in [5.74, 6) is 2.85. The van der Waals surface area contributed by atoms with Gasteiger partial charge in [0.05, 0.1) is 11.1 Å². The first-order valence-corrected chi connectivity index (χ1v) is 11.1. The molecule has 1 fully saturated rings. The Hall–Kier alpha value is -2.18. The van der Waals surface area contributed by atoms with E-state index in [0.29, 0.717) is 22.6 Å². The van der Waals surface area contributed by atoms with Crippen molar-refractivity contribution in [2.24, 2.45) is 0 Å². The molecule has 1 saturated heterocycles. The minimum absolute atomic E-state index is 0.133. The third kappa shape index (κ3) is 4.57. The summed E-state index contributed by atoms with van der Waals surface area (Å²) in [6.45, 7) is 0.672. The minimum atomic E-state index is -0.133. The zero-order chi connectivity index (χ0) is 18.5. The van der Waals surface area contributed by atoms with Gasteiger partial charge in [-0.25, -0.2) is 4.98 Å². The van der Waals surface area contributed by atoms with Crippen molar-refractivity contribution >= 4 is 35.4 Å². The van der Waals surface area contributed by atoms with Crippen LogP contribution in [0.2, 0.25) is 0 Å². The van der Waals surface area contributed by atoms with Crippen LogP contribution in [0.5, 0.6) is 0 Å². The standard InChI is InChI=1S/C21H21N3OS2/c25-19(17-7-9-18(10-8-17)20-26-13-4-14-27-20)23-21-22-11-12-24(21)15-16-5-2-1-3-6-16/h1-3,5-12,20H,4,13-15H2,(H,22,23,25). The fraction of sp³-hybridized carbons (Fsp3) is 0.238. The van der Waals surface area contributed by atoms with Crippen LogP contribution in [0.25, 0.3) is 0 Å². The maximum Gasteiger partial charge on any atom is 0.257 e. The number of aromatic nitrogens is 2. The lowest BCUT2D eigenvalue weighted by atomic mass is 10.1. The Morgan fingerprint density at radius 2 is 1.81 bits per heavy atom. The Kier molecular flexibility index (Phi) is 5.84. The molecule has 0 saturated carbocycles. The fourth-order valence-electron chi connectivity index (χ4n) is 2.99. The first kappa shape index (κ1) is 18.2. The van der Waals surface area contributed by atoms with E-state index in [0.717, 1.165) is 5.56 Å². The third-order valence-corrected chi connectivity index (χ3v) is 7.42. The summed E-state index contributed by atoms with van der Waals surface area (Å²) in [5.41, 5.74) is 3.10. The Bertz CT molecular complexity index is 887. The quantitative estimate of drug-likeness (QED) is 0.656. The molecule has 6 heteroatoms. The van der Waals surface area contributed by atoms with Crippen LogP contribution in [0.15, 0.2) is 67.0 Å². The molecule has 1 amide bonds. The van der Waals surface area contributed by atoms with Crippen LogP contribution in [0.1, 0.15) is 32.5 Å². The highest BCUT2D eigenvalue weighted by Crippen LogP contribution is 2.43. The van der Waals surface area contributed by atoms with E-state index >= 15 is 0 Å². The van der Waals surface area contributed by atoms with Crippen LogP contribution in [0.4, 0.5) is 5.95 Å². The number of hydrogen-bond acceptors (Lipinski definition) is 4. The molecular weight excluding hydrogens is 374 g/mol. The second-order valence-corrected chi connectivity index (χ2v) is 9.09. The van der Waals surface area contributed by atoms with Crippen molar-refractivity contribution in [1.29, 1.82) is 0 Å². The van der Waals surface area contributed by atoms with Gasteiger partial charge in [-0.2, -0.15) is 0 Å². The normalized spacial score (nSPS) is 14.8. The number of thioether (sulfide) groups is 2. The van der Waals surface area contributed by atoms with E-state index in [1.165, 1.54) is 23.5 Å². The highest BCUT2D eigenvalue weighted by molar-refractivity contribution is 8.16. The van der Waals surface area contributed by atoms with Crippen molar-refractivity contribution < 1.29 is 4.79 Å². The van der Waals surface area contributed by atoms with Gasteiger partial charge in [-0.05, 0) is 41.2 Å². The highest BCUT2D eigenvalue weighted by Gasteiger charge is 2.17. The van der Waals surface area contributed by atoms with Crippen LogP contribution in [-0.2, 0) is 6.54 Å². The third-order valence-electron chi connectivity index (χ3n) is 4.41. The Morgan fingerprint density at radius 3 is 2.56 bits per heavy atom. The molecule has 1 aliphatic heterocycles. The van der Waals surface area contributed by atoms with E-state index in [9.17, 15) is 4.79 Å². The molecule has 0 aliphatic carbocycles. The molecule has 4 rings (SSSR count). The molecule has 0 spiro atoms. The van der Waals surface area contributed by atoms with Gasteiger partial charge in [0.25, 0.3) is 5.91 Å². The fourth-order valence-corrected chi connectivity index (χ4v) is 5.88. The number of nitrogens with zero attached hydrogens (tertiary/aromatic N) is 2. The van der Waals surface area contributed by atoms with Gasteiger partial charge < -0.3 is 4.57 Å². The molecular formula is C21H21N3OS2. The molecule has 2 aromatic carbocycles. The summed E-state index contributed by atoms with van der Waals surface area (Å²) in [5, 5.41) is 2.93. The molecule has 3 aromatic rings. The van der Waals surface area contributed by atoms with Gasteiger partial charge in [0, 0.05) is 18.0 Å². The molecule has 1 aromatic heterocycles. The second kappa shape index (κ2) is 8.67. The van der Waals surface area contributed by atoms with Crippen LogP contribution >= 0.6 is 23.5 Å². The first-order valence-electron chi connectivity index (χ1n) is 8.99. The maximum atomic E-state index is 12.6. The number of benzene rings is 2. The minimum Gasteiger partial charge on any atom is -0.313 e. The zero-order valence-corrected chi connectivity index (χ0v) is 16.5. The molecule has 2 heterocycles. The van der Waals surface area contributed by atoms with Gasteiger partial charge in [-0.15, -0.1) is 23.5 Å². The van der Waals surface area contributed by atoms with Gasteiger partial charge in [0.15, 0.2) is 0 Å². The average Bonchev–Trinajstić information content (AvgIpc) is 3.16. The number of amides is 1. The van der Waals surface area contributed by atoms with Gasteiger partial charge >= 0.3 is 0 Å². The smallest absolute Gasteiger partial charge is 0.257 e. The summed E-state index contributed by atoms with van der Waals surface area (Å²) in [7, 11) is 0. The average molecular weight is 396 g/mol. The molecule has 1 N–H and O–H groups in total. The number of hydrogen-bond donors (Lipinski definition) is 1. The SMILES string of the molecule is O=C(Nc1nccn1Cc1ccccc1)c1ccc(C2SCCCS2)cc1. The summed E-state index contributed by atoms with van der Waals surface area (Å²) in [6, 6.07) is 18.1. The predicted octanol–water partition coefficient (Wildman–Crippen LogP) is 5.05. The zero-order valence-electron chi connectivity index (χ0n) is 14.9. The van der Waals surface area contributed by atoms with Crippen LogP contribution in [0, 0.1) is 0 Å². The van der Waals surface area contributed by atoms with E-state index in [-0.39, 0.29) is 5.91 Å². The summed E-state index contributed by atoms with van der Waals surface area (Å²) in [4.78, 5) is 16.9. The summed E-state index contributed by atoms with van der Waals surface area (Å²) in [6.07, 6.45) is 4.87. The Labute approximate surface area is 167 Å². The molecule has 0 radical (unpaired) electrons. The maximum absolute atomic E-state index is 12.6. The van der Waals surface area contributed by atoms with Gasteiger partial charge in [-0.1, -0.05) is 42.5 Å². The number of rotatable bonds is 5. The van der Waals surface area contributed by atoms with E-state index in [1.54, 1.807) is 6.20 Å². The van der Waals surface area contributed by atoms with Crippen LogP contribution in [0.3, 0.4) is 0 Å². The first-order chi connectivity index (χ1) is 13.3. The molecule has 27 heavy (non-hydrogen) atoms. The predicted molar refractivity (Wildman–Crippen MR) is 114 cm³/mol. The Balaban J connectivity index is 1.43. The number of anilines is 1. The summed E-state index contributed by atoms with van der Waals surface area (Å²) < 4.78 is 2.43. The second-order valence-electron chi connectivity index (χ2n) is 6.37. The largest absolute Gasteiger partial charge is 0.313 e. The van der Waals surface area contributed by atoms with Crippen molar-refractivity contribution in [1.82, 2.24) is 9.55 Å². The van der Waals surface area contributed by atoms with Crippen LogP contribution in [-0.4, -0.2) is 27.0 Å². The molecule has 138 valence electrons. The lowest BCUT2D eigenvalue weighted by Crippen LogP contribution is -2.16. The lowest BCUT2D eigenvalue weighted by Gasteiger charge is -2.21. The molecule has 1 aliphatic rings. The number of carbonyl (C=O) groups is 1. The van der Waals surface area contributed by atoms with Crippen molar-refractivity contribution in [3.05, 3.63) is 83.7 Å². The molecule has 0 bridgehead atoms. The van der Waals surface area contributed by atoms with Crippen molar-refractivity contribution in [3.63, 3.8) is 0 Å².